The number of hydrogen-bond donors (Lipinski definition) is 5. The quantitative estimate of drug-likeness (QED) is 0.305. The van der Waals surface area contributed by atoms with Crippen molar-refractivity contribution in [2.75, 3.05) is 6.54 Å². The maximum absolute atomic E-state index is 12.7. The highest BCUT2D eigenvalue weighted by Crippen LogP contribution is 2.19. The molecule has 1 aliphatic heterocycles. The van der Waals surface area contributed by atoms with Crippen LogP contribution in [0, 0.1) is 0 Å². The summed E-state index contributed by atoms with van der Waals surface area (Å²) in [6, 6.07) is 4.43. The van der Waals surface area contributed by atoms with Gasteiger partial charge in [-0.05, 0) is 25.3 Å². The van der Waals surface area contributed by atoms with E-state index in [4.69, 9.17) is 10.8 Å². The minimum atomic E-state index is -1.27. The molecule has 0 bridgehead atoms. The molecule has 11 heteroatoms. The Bertz CT molecular complexity index is 861. The Labute approximate surface area is 184 Å². The third-order valence-electron chi connectivity index (χ3n) is 5.20. The molecule has 1 fully saturated rings. The molecular weight excluding hydrogens is 420 g/mol. The second-order valence-electron chi connectivity index (χ2n) is 7.71. The summed E-state index contributed by atoms with van der Waals surface area (Å²) < 4.78 is 0. The van der Waals surface area contributed by atoms with Crippen molar-refractivity contribution in [3.8, 4) is 0 Å². The summed E-state index contributed by atoms with van der Waals surface area (Å²) >= 11 is 0. The number of nitrogens with one attached hydrogen (secondary N) is 2. The van der Waals surface area contributed by atoms with Gasteiger partial charge in [-0.1, -0.05) is 30.3 Å². The Balaban J connectivity index is 1.96. The predicted molar refractivity (Wildman–Crippen MR) is 112 cm³/mol. The first-order valence-corrected chi connectivity index (χ1v) is 10.3. The van der Waals surface area contributed by atoms with Crippen LogP contribution in [0.4, 0.5) is 0 Å². The molecule has 1 saturated heterocycles. The molecule has 3 amide bonds. The van der Waals surface area contributed by atoms with Crippen LogP contribution in [0.5, 0.6) is 0 Å². The highest BCUT2D eigenvalue weighted by atomic mass is 16.4. The lowest BCUT2D eigenvalue weighted by Crippen LogP contribution is -2.56. The van der Waals surface area contributed by atoms with E-state index in [0.29, 0.717) is 12.8 Å². The summed E-state index contributed by atoms with van der Waals surface area (Å²) in [6.07, 6.45) is 0.398. The SMILES string of the molecule is CC(NC(=O)C1CCCN1C(=O)C(N)CC(=O)O)C(=O)NC(Cc1ccccc1)C(=O)O. The Morgan fingerprint density at radius 2 is 1.78 bits per heavy atom. The zero-order valence-electron chi connectivity index (χ0n) is 17.7. The van der Waals surface area contributed by atoms with E-state index >= 15 is 0 Å². The maximum Gasteiger partial charge on any atom is 0.326 e. The smallest absolute Gasteiger partial charge is 0.326 e. The first-order chi connectivity index (χ1) is 15.1. The fourth-order valence-corrected chi connectivity index (χ4v) is 3.51. The van der Waals surface area contributed by atoms with Gasteiger partial charge >= 0.3 is 11.9 Å². The van der Waals surface area contributed by atoms with E-state index in [2.05, 4.69) is 10.6 Å². The maximum atomic E-state index is 12.7. The molecule has 0 aliphatic carbocycles. The molecule has 1 heterocycles. The summed E-state index contributed by atoms with van der Waals surface area (Å²) in [5.41, 5.74) is 6.36. The van der Waals surface area contributed by atoms with Crippen LogP contribution in [0.2, 0.25) is 0 Å². The number of benzene rings is 1. The summed E-state index contributed by atoms with van der Waals surface area (Å²) in [6.45, 7) is 1.66. The lowest BCUT2D eigenvalue weighted by Gasteiger charge is -2.27. The lowest BCUT2D eigenvalue weighted by molar-refractivity contribution is -0.144. The molecule has 1 aromatic carbocycles. The van der Waals surface area contributed by atoms with Gasteiger partial charge in [-0.2, -0.15) is 0 Å². The summed E-state index contributed by atoms with van der Waals surface area (Å²) in [7, 11) is 0. The number of carboxylic acids is 2. The minimum absolute atomic E-state index is 0.0783. The van der Waals surface area contributed by atoms with E-state index < -0.39 is 60.2 Å². The molecule has 0 saturated carbocycles. The van der Waals surface area contributed by atoms with Crippen molar-refractivity contribution in [1.82, 2.24) is 15.5 Å². The molecule has 6 N–H and O–H groups in total. The van der Waals surface area contributed by atoms with Crippen molar-refractivity contribution in [2.24, 2.45) is 5.73 Å². The van der Waals surface area contributed by atoms with Gasteiger partial charge in [-0.3, -0.25) is 19.2 Å². The van der Waals surface area contributed by atoms with Crippen molar-refractivity contribution in [1.29, 1.82) is 0 Å². The van der Waals surface area contributed by atoms with Crippen molar-refractivity contribution < 1.29 is 34.2 Å². The molecule has 0 radical (unpaired) electrons. The standard InChI is InChI=1S/C21H28N4O7/c1-12(18(28)24-15(21(31)32)10-13-6-3-2-4-7-13)23-19(29)16-8-5-9-25(16)20(30)14(22)11-17(26)27/h2-4,6-7,12,14-16H,5,8-11,22H2,1H3,(H,23,29)(H,24,28)(H,26,27)(H,31,32). The Morgan fingerprint density at radius 3 is 2.38 bits per heavy atom. The van der Waals surface area contributed by atoms with E-state index in [-0.39, 0.29) is 13.0 Å². The van der Waals surface area contributed by atoms with Crippen molar-refractivity contribution in [3.63, 3.8) is 0 Å². The predicted octanol–water partition coefficient (Wildman–Crippen LogP) is -0.904. The molecule has 174 valence electrons. The van der Waals surface area contributed by atoms with Crippen LogP contribution >= 0.6 is 0 Å². The normalized spacial score (nSPS) is 18.3. The van der Waals surface area contributed by atoms with Gasteiger partial charge < -0.3 is 31.5 Å². The van der Waals surface area contributed by atoms with E-state index in [1.165, 1.54) is 11.8 Å². The van der Waals surface area contributed by atoms with Gasteiger partial charge in [0.15, 0.2) is 0 Å². The van der Waals surface area contributed by atoms with Gasteiger partial charge in [0.25, 0.3) is 0 Å². The number of carbonyl (C=O) groups is 5. The van der Waals surface area contributed by atoms with Gasteiger partial charge in [-0.25, -0.2) is 4.79 Å². The van der Waals surface area contributed by atoms with Gasteiger partial charge in [0, 0.05) is 13.0 Å². The van der Waals surface area contributed by atoms with Crippen LogP contribution in [0.1, 0.15) is 31.7 Å². The number of aliphatic carboxylic acids is 2. The van der Waals surface area contributed by atoms with Crippen LogP contribution in [-0.2, 0) is 30.4 Å². The highest BCUT2D eigenvalue weighted by molar-refractivity contribution is 5.95. The van der Waals surface area contributed by atoms with Gasteiger partial charge in [0.1, 0.15) is 18.1 Å². The Morgan fingerprint density at radius 1 is 1.12 bits per heavy atom. The molecule has 0 aromatic heterocycles. The molecule has 1 aliphatic rings. The van der Waals surface area contributed by atoms with Crippen molar-refractivity contribution in [3.05, 3.63) is 35.9 Å². The van der Waals surface area contributed by atoms with Crippen LogP contribution in [0.15, 0.2) is 30.3 Å². The van der Waals surface area contributed by atoms with E-state index in [9.17, 15) is 29.1 Å². The number of hydrogen-bond acceptors (Lipinski definition) is 6. The molecule has 4 unspecified atom stereocenters. The van der Waals surface area contributed by atoms with Gasteiger partial charge in [-0.15, -0.1) is 0 Å². The van der Waals surface area contributed by atoms with Crippen molar-refractivity contribution >= 4 is 29.7 Å². The number of nitrogens with zero attached hydrogens (tertiary/aromatic N) is 1. The lowest BCUT2D eigenvalue weighted by atomic mass is 10.1. The fourth-order valence-electron chi connectivity index (χ4n) is 3.51. The molecule has 0 spiro atoms. The zero-order chi connectivity index (χ0) is 23.8. The molecular formula is C21H28N4O7. The average Bonchev–Trinajstić information content (AvgIpc) is 3.22. The Hall–Kier alpha value is -3.47. The second-order valence-corrected chi connectivity index (χ2v) is 7.71. The molecule has 1 aromatic rings. The number of carbonyl (C=O) groups excluding carboxylic acids is 3. The molecule has 11 nitrogen and oxygen atoms in total. The third kappa shape index (κ3) is 6.77. The number of carboxylic acid groups (broad SMARTS) is 2. The van der Waals surface area contributed by atoms with Crippen LogP contribution < -0.4 is 16.4 Å². The average molecular weight is 448 g/mol. The topological polar surface area (TPSA) is 179 Å². The molecule has 32 heavy (non-hydrogen) atoms. The number of rotatable bonds is 10. The van der Waals surface area contributed by atoms with Crippen molar-refractivity contribution in [2.45, 2.75) is 56.8 Å². The summed E-state index contributed by atoms with van der Waals surface area (Å²) in [5, 5.41) is 23.2. The van der Waals surface area contributed by atoms with Gasteiger partial charge in [0.2, 0.25) is 17.7 Å². The largest absolute Gasteiger partial charge is 0.481 e. The highest BCUT2D eigenvalue weighted by Gasteiger charge is 2.37. The zero-order valence-corrected chi connectivity index (χ0v) is 17.7. The van der Waals surface area contributed by atoms with Crippen LogP contribution in [0.3, 0.4) is 0 Å². The van der Waals surface area contributed by atoms with Gasteiger partial charge in [0.05, 0.1) is 12.5 Å². The summed E-state index contributed by atoms with van der Waals surface area (Å²) in [5.74, 6) is -4.34. The number of nitrogens with two attached hydrogens (primary N) is 1. The molecule has 2 rings (SSSR count). The monoisotopic (exact) mass is 448 g/mol. The van der Waals surface area contributed by atoms with E-state index in [1.807, 2.05) is 0 Å². The van der Waals surface area contributed by atoms with Crippen LogP contribution in [0.25, 0.3) is 0 Å². The summed E-state index contributed by atoms with van der Waals surface area (Å²) in [4.78, 5) is 61.2. The van der Waals surface area contributed by atoms with E-state index in [0.717, 1.165) is 5.56 Å². The second kappa shape index (κ2) is 11.2. The van der Waals surface area contributed by atoms with Crippen LogP contribution in [-0.4, -0.2) is 75.5 Å². The minimum Gasteiger partial charge on any atom is -0.481 e. The first-order valence-electron chi connectivity index (χ1n) is 10.3. The van der Waals surface area contributed by atoms with E-state index in [1.54, 1.807) is 30.3 Å². The molecule has 4 atom stereocenters. The Kier molecular flexibility index (Phi) is 8.71. The number of amides is 3. The third-order valence-corrected chi connectivity index (χ3v) is 5.20. The number of likely N-dealkylation sites (tertiary alicyclic amines) is 1. The fraction of sp³-hybridized carbons (Fsp3) is 0.476. The first kappa shape index (κ1) is 24.8.